The smallest absolute Gasteiger partial charge is 0.267 e. The van der Waals surface area contributed by atoms with Crippen molar-refractivity contribution in [2.75, 3.05) is 4.90 Å². The molecule has 0 N–H and O–H groups in total. The lowest BCUT2D eigenvalue weighted by molar-refractivity contribution is 0.0926. The Kier molecular flexibility index (Phi) is 4.53. The van der Waals surface area contributed by atoms with Crippen LogP contribution < -0.4 is 4.90 Å². The van der Waals surface area contributed by atoms with Gasteiger partial charge in [0.05, 0.1) is 16.8 Å². The van der Waals surface area contributed by atoms with Gasteiger partial charge in [-0.1, -0.05) is 12.0 Å². The van der Waals surface area contributed by atoms with Crippen molar-refractivity contribution < 1.29 is 9.59 Å². The second kappa shape index (κ2) is 6.17. The number of nitrogens with zero attached hydrogens (tertiary/aromatic N) is 1. The Labute approximate surface area is 165 Å². The molecule has 0 bridgehead atoms. The maximum absolute atomic E-state index is 12.8. The summed E-state index contributed by atoms with van der Waals surface area (Å²) in [6.07, 6.45) is 5.39. The van der Waals surface area contributed by atoms with Crippen molar-refractivity contribution in [1.82, 2.24) is 0 Å². The summed E-state index contributed by atoms with van der Waals surface area (Å²) in [6.45, 7) is 0. The quantitative estimate of drug-likeness (QED) is 0.199. The minimum Gasteiger partial charge on any atom is -0.268 e. The molecule has 0 fully saturated rings. The molecule has 0 spiro atoms. The molecule has 0 saturated heterocycles. The van der Waals surface area contributed by atoms with E-state index in [9.17, 15) is 9.59 Å². The van der Waals surface area contributed by atoms with Crippen molar-refractivity contribution >= 4 is 81.2 Å². The highest BCUT2D eigenvalue weighted by Gasteiger charge is 2.41. The molecule has 0 unspecified atom stereocenters. The fourth-order valence-corrected chi connectivity index (χ4v) is 4.78. The van der Waals surface area contributed by atoms with Crippen LogP contribution in [-0.4, -0.2) is 11.8 Å². The molecule has 7 heteroatoms. The van der Waals surface area contributed by atoms with E-state index in [1.165, 1.54) is 0 Å². The van der Waals surface area contributed by atoms with Crippen LogP contribution in [0.1, 0.15) is 26.3 Å². The van der Waals surface area contributed by atoms with Crippen molar-refractivity contribution in [1.29, 1.82) is 0 Å². The number of terminal acetylenes is 1. The summed E-state index contributed by atoms with van der Waals surface area (Å²) in [7, 11) is 0. The van der Waals surface area contributed by atoms with Crippen LogP contribution in [0.15, 0.2) is 42.2 Å². The normalized spacial score (nSPS) is 13.3. The molecule has 0 aromatic heterocycles. The third-order valence-electron chi connectivity index (χ3n) is 3.37. The largest absolute Gasteiger partial charge is 0.268 e. The van der Waals surface area contributed by atoms with Gasteiger partial charge >= 0.3 is 0 Å². The van der Waals surface area contributed by atoms with Gasteiger partial charge in [0.2, 0.25) is 0 Å². The third-order valence-corrected chi connectivity index (χ3v) is 8.14. The maximum atomic E-state index is 12.8. The van der Waals surface area contributed by atoms with Crippen molar-refractivity contribution in [2.24, 2.45) is 0 Å². The van der Waals surface area contributed by atoms with Crippen molar-refractivity contribution in [3.8, 4) is 12.3 Å². The number of hydrogen-bond donors (Lipinski definition) is 0. The van der Waals surface area contributed by atoms with Crippen molar-refractivity contribution in [3.05, 3.63) is 58.8 Å². The molecule has 2 aromatic rings. The number of rotatable bonds is 1. The summed E-state index contributed by atoms with van der Waals surface area (Å²) < 4.78 is 2.36. The van der Waals surface area contributed by atoms with Gasteiger partial charge in [0.15, 0.2) is 0 Å². The second-order valence-corrected chi connectivity index (χ2v) is 7.82. The third kappa shape index (κ3) is 2.52. The van der Waals surface area contributed by atoms with E-state index in [4.69, 9.17) is 6.42 Å². The highest BCUT2D eigenvalue weighted by molar-refractivity contribution is 9.15. The van der Waals surface area contributed by atoms with Gasteiger partial charge in [0.1, 0.15) is 0 Å². The van der Waals surface area contributed by atoms with Crippen molar-refractivity contribution in [2.45, 2.75) is 0 Å². The highest BCUT2D eigenvalue weighted by atomic mass is 79.9. The number of amides is 2. The molecule has 2 amide bonds. The van der Waals surface area contributed by atoms with Gasteiger partial charge in [-0.15, -0.1) is 6.42 Å². The van der Waals surface area contributed by atoms with Crippen LogP contribution in [0.2, 0.25) is 0 Å². The van der Waals surface area contributed by atoms with Gasteiger partial charge in [-0.05, 0) is 81.9 Å². The van der Waals surface area contributed by atoms with Crippen LogP contribution in [-0.2, 0) is 0 Å². The lowest BCUT2D eigenvalue weighted by Crippen LogP contribution is -2.29. The minimum absolute atomic E-state index is 0.308. The molecular weight excluding hydrogens is 558 g/mol. The summed E-state index contributed by atoms with van der Waals surface area (Å²) in [5.74, 6) is 1.69. The average Bonchev–Trinajstić information content (AvgIpc) is 2.82. The number of hydrogen-bond acceptors (Lipinski definition) is 2. The molecule has 0 saturated carbocycles. The van der Waals surface area contributed by atoms with Crippen LogP contribution in [0.3, 0.4) is 0 Å². The van der Waals surface area contributed by atoms with Gasteiger partial charge < -0.3 is 0 Å². The minimum atomic E-state index is -0.403. The molecule has 1 aliphatic rings. The predicted octanol–water partition coefficient (Wildman–Crippen LogP) is 5.52. The van der Waals surface area contributed by atoms with E-state index < -0.39 is 11.8 Å². The fraction of sp³-hybridized carbons (Fsp3) is 0. The summed E-state index contributed by atoms with van der Waals surface area (Å²) >= 11 is 13.6. The monoisotopic (exact) mass is 559 g/mol. The number of fused-ring (bicyclic) bond motifs is 1. The number of halogens is 4. The van der Waals surface area contributed by atoms with Crippen LogP contribution >= 0.6 is 63.7 Å². The number of benzene rings is 2. The zero-order valence-electron chi connectivity index (χ0n) is 11.2. The van der Waals surface area contributed by atoms with Crippen LogP contribution in [0.25, 0.3) is 0 Å². The molecule has 0 radical (unpaired) electrons. The summed E-state index contributed by atoms with van der Waals surface area (Å²) in [4.78, 5) is 26.7. The first-order valence-electron chi connectivity index (χ1n) is 6.20. The van der Waals surface area contributed by atoms with E-state index in [1.54, 1.807) is 24.3 Å². The molecule has 2 aromatic carbocycles. The predicted molar refractivity (Wildman–Crippen MR) is 103 cm³/mol. The summed E-state index contributed by atoms with van der Waals surface area (Å²) in [5, 5.41) is 0. The van der Waals surface area contributed by atoms with Crippen molar-refractivity contribution in [3.63, 3.8) is 0 Å². The Hall–Kier alpha value is -0.940. The lowest BCUT2D eigenvalue weighted by Gasteiger charge is -2.14. The van der Waals surface area contributed by atoms with Crippen LogP contribution in [0, 0.1) is 12.3 Å². The van der Waals surface area contributed by atoms with Gasteiger partial charge in [0.25, 0.3) is 11.8 Å². The molecule has 114 valence electrons. The summed E-state index contributed by atoms with van der Waals surface area (Å²) in [6, 6.07) is 6.76. The maximum Gasteiger partial charge on any atom is 0.267 e. The van der Waals surface area contributed by atoms with E-state index in [0.717, 1.165) is 4.90 Å². The van der Waals surface area contributed by atoms with Crippen LogP contribution in [0.5, 0.6) is 0 Å². The zero-order chi connectivity index (χ0) is 16.9. The molecule has 3 nitrogen and oxygen atoms in total. The van der Waals surface area contributed by atoms with E-state index in [2.05, 4.69) is 69.6 Å². The first-order valence-corrected chi connectivity index (χ1v) is 9.37. The number of anilines is 1. The first-order chi connectivity index (χ1) is 10.9. The van der Waals surface area contributed by atoms with Crippen LogP contribution in [0.4, 0.5) is 5.69 Å². The van der Waals surface area contributed by atoms with E-state index in [-0.39, 0.29) is 0 Å². The first kappa shape index (κ1) is 16.9. The second-order valence-electron chi connectivity index (χ2n) is 4.65. The lowest BCUT2D eigenvalue weighted by atomic mass is 10.1. The average molecular weight is 563 g/mol. The standard InChI is InChI=1S/C16H5Br4NO2/c1-2-7-4-3-5-8(6-7)21-15(22)9-10(16(21)23)12(18)14(20)13(19)11(9)17/h1,3-6H. The highest BCUT2D eigenvalue weighted by Crippen LogP contribution is 2.46. The van der Waals surface area contributed by atoms with Gasteiger partial charge in [0, 0.05) is 23.5 Å². The SMILES string of the molecule is C#Cc1cccc(N2C(=O)c3c(Br)c(Br)c(Br)c(Br)c3C2=O)c1. The zero-order valence-corrected chi connectivity index (χ0v) is 17.5. The topological polar surface area (TPSA) is 37.4 Å². The van der Waals surface area contributed by atoms with Gasteiger partial charge in [-0.2, -0.15) is 0 Å². The van der Waals surface area contributed by atoms with Gasteiger partial charge in [-0.3, -0.25) is 9.59 Å². The molecule has 1 heterocycles. The molecule has 23 heavy (non-hydrogen) atoms. The number of imide groups is 1. The molecule has 0 atom stereocenters. The van der Waals surface area contributed by atoms with Gasteiger partial charge in [-0.25, -0.2) is 4.90 Å². The Morgan fingerprint density at radius 1 is 0.870 bits per heavy atom. The molecule has 3 rings (SSSR count). The number of carbonyl (C=O) groups excluding carboxylic acids is 2. The molecular formula is C16H5Br4NO2. The Morgan fingerprint density at radius 3 is 1.87 bits per heavy atom. The Balaban J connectivity index is 2.24. The van der Waals surface area contributed by atoms with E-state index in [1.807, 2.05) is 0 Å². The summed E-state index contributed by atoms with van der Waals surface area (Å²) in [5.41, 5.74) is 1.66. The fourth-order valence-electron chi connectivity index (χ4n) is 2.32. The number of carbonyl (C=O) groups is 2. The molecule has 1 aliphatic heterocycles. The Bertz CT molecular complexity index is 884. The van der Waals surface area contributed by atoms with E-state index in [0.29, 0.717) is 40.3 Å². The molecule has 0 aliphatic carbocycles. The Morgan fingerprint density at radius 2 is 1.39 bits per heavy atom. The van der Waals surface area contributed by atoms with E-state index >= 15 is 0 Å².